The van der Waals surface area contributed by atoms with Crippen molar-refractivity contribution in [1.29, 1.82) is 0 Å². The van der Waals surface area contributed by atoms with Gasteiger partial charge in [-0.05, 0) is 42.3 Å². The summed E-state index contributed by atoms with van der Waals surface area (Å²) in [6, 6.07) is 12.2. The number of likely N-dealkylation sites (tertiary alicyclic amines) is 1. The third-order valence-electron chi connectivity index (χ3n) is 4.35. The number of carbonyl (C=O) groups excluding carboxylic acids is 2. The van der Waals surface area contributed by atoms with Gasteiger partial charge in [-0.25, -0.2) is 0 Å². The summed E-state index contributed by atoms with van der Waals surface area (Å²) >= 11 is 1.44. The number of carbonyl (C=O) groups is 2. The molecule has 126 valence electrons. The van der Waals surface area contributed by atoms with Crippen LogP contribution in [-0.2, 0) is 11.2 Å². The van der Waals surface area contributed by atoms with Crippen LogP contribution in [0.3, 0.4) is 0 Å². The Balaban J connectivity index is 1.47. The van der Waals surface area contributed by atoms with E-state index in [0.717, 1.165) is 29.8 Å². The number of benzene rings is 1. The van der Waals surface area contributed by atoms with Crippen molar-refractivity contribution in [2.24, 2.45) is 0 Å². The minimum absolute atomic E-state index is 0.0635. The molecule has 1 aromatic heterocycles. The first-order chi connectivity index (χ1) is 11.6. The van der Waals surface area contributed by atoms with Gasteiger partial charge in [-0.1, -0.05) is 30.3 Å². The smallest absolute Gasteiger partial charge is 0.261 e. The van der Waals surface area contributed by atoms with Gasteiger partial charge in [0.2, 0.25) is 5.91 Å². The Morgan fingerprint density at radius 3 is 2.79 bits per heavy atom. The van der Waals surface area contributed by atoms with Crippen LogP contribution in [0.25, 0.3) is 0 Å². The van der Waals surface area contributed by atoms with Crippen LogP contribution in [0, 0.1) is 6.92 Å². The highest BCUT2D eigenvalue weighted by molar-refractivity contribution is 7.12. The summed E-state index contributed by atoms with van der Waals surface area (Å²) in [5.74, 6) is 0.0719. The fraction of sp³-hybridized carbons (Fsp3) is 0.368. The lowest BCUT2D eigenvalue weighted by Gasteiger charge is -2.17. The third-order valence-corrected chi connectivity index (χ3v) is 5.37. The SMILES string of the molecule is Cc1ccsc1C(=O)N[C@H]1CC(=O)N(CCCc2ccccc2)C1. The number of rotatable bonds is 6. The van der Waals surface area contributed by atoms with Crippen molar-refractivity contribution in [2.45, 2.75) is 32.2 Å². The van der Waals surface area contributed by atoms with Gasteiger partial charge in [-0.15, -0.1) is 11.3 Å². The maximum atomic E-state index is 12.3. The lowest BCUT2D eigenvalue weighted by atomic mass is 10.1. The van der Waals surface area contributed by atoms with Gasteiger partial charge >= 0.3 is 0 Å². The van der Waals surface area contributed by atoms with E-state index >= 15 is 0 Å². The fourth-order valence-electron chi connectivity index (χ4n) is 3.06. The molecule has 1 N–H and O–H groups in total. The Hall–Kier alpha value is -2.14. The Morgan fingerprint density at radius 2 is 2.08 bits per heavy atom. The second-order valence-corrected chi connectivity index (χ2v) is 7.15. The van der Waals surface area contributed by atoms with Gasteiger partial charge in [0, 0.05) is 19.5 Å². The third kappa shape index (κ3) is 4.03. The number of thiophene rings is 1. The van der Waals surface area contributed by atoms with Gasteiger partial charge in [-0.3, -0.25) is 9.59 Å². The van der Waals surface area contributed by atoms with Gasteiger partial charge < -0.3 is 10.2 Å². The summed E-state index contributed by atoms with van der Waals surface area (Å²) in [6.45, 7) is 3.29. The molecule has 1 aliphatic rings. The van der Waals surface area contributed by atoms with Gasteiger partial charge in [-0.2, -0.15) is 0 Å². The first kappa shape index (κ1) is 16.7. The average molecular weight is 342 g/mol. The van der Waals surface area contributed by atoms with Crippen molar-refractivity contribution in [2.75, 3.05) is 13.1 Å². The summed E-state index contributed by atoms with van der Waals surface area (Å²) < 4.78 is 0. The molecule has 0 saturated carbocycles. The van der Waals surface area contributed by atoms with Gasteiger partial charge in [0.1, 0.15) is 0 Å². The molecule has 2 amide bonds. The van der Waals surface area contributed by atoms with E-state index in [-0.39, 0.29) is 17.9 Å². The molecule has 2 heterocycles. The van der Waals surface area contributed by atoms with Crippen molar-refractivity contribution >= 4 is 23.2 Å². The average Bonchev–Trinajstić information content (AvgIpc) is 3.14. The largest absolute Gasteiger partial charge is 0.346 e. The minimum atomic E-state index is -0.0803. The van der Waals surface area contributed by atoms with Crippen LogP contribution >= 0.6 is 11.3 Å². The lowest BCUT2D eigenvalue weighted by Crippen LogP contribution is -2.37. The van der Waals surface area contributed by atoms with E-state index in [9.17, 15) is 9.59 Å². The molecule has 0 bridgehead atoms. The Bertz CT molecular complexity index is 711. The van der Waals surface area contributed by atoms with Crippen LogP contribution in [0.5, 0.6) is 0 Å². The molecule has 1 aliphatic heterocycles. The molecule has 1 fully saturated rings. The first-order valence-corrected chi connectivity index (χ1v) is 9.18. The molecule has 3 rings (SSSR count). The van der Waals surface area contributed by atoms with Crippen LogP contribution < -0.4 is 5.32 Å². The number of nitrogens with one attached hydrogen (secondary N) is 1. The highest BCUT2D eigenvalue weighted by Gasteiger charge is 2.30. The molecule has 0 aliphatic carbocycles. The summed E-state index contributed by atoms with van der Waals surface area (Å²) in [7, 11) is 0. The Kier molecular flexibility index (Phi) is 5.30. The maximum absolute atomic E-state index is 12.3. The summed E-state index contributed by atoms with van der Waals surface area (Å²) in [5, 5.41) is 4.92. The standard InChI is InChI=1S/C19H22N2O2S/c1-14-9-11-24-18(14)19(23)20-16-12-17(22)21(13-16)10-5-8-15-6-3-2-4-7-15/h2-4,6-7,9,11,16H,5,8,10,12-13H2,1H3,(H,20,23)/t16-/m0/s1. The van der Waals surface area contributed by atoms with Crippen LogP contribution in [-0.4, -0.2) is 35.8 Å². The molecule has 1 atom stereocenters. The fourth-order valence-corrected chi connectivity index (χ4v) is 3.89. The highest BCUT2D eigenvalue weighted by atomic mass is 32.1. The minimum Gasteiger partial charge on any atom is -0.346 e. The molecule has 1 aromatic carbocycles. The van der Waals surface area contributed by atoms with E-state index in [1.54, 1.807) is 0 Å². The zero-order valence-electron chi connectivity index (χ0n) is 13.8. The zero-order valence-corrected chi connectivity index (χ0v) is 14.6. The van der Waals surface area contributed by atoms with E-state index in [0.29, 0.717) is 13.0 Å². The number of aryl methyl sites for hydroxylation is 2. The van der Waals surface area contributed by atoms with Crippen LogP contribution in [0.1, 0.15) is 33.6 Å². The Morgan fingerprint density at radius 1 is 1.29 bits per heavy atom. The normalized spacial score (nSPS) is 17.3. The first-order valence-electron chi connectivity index (χ1n) is 8.30. The van der Waals surface area contributed by atoms with Crippen LogP contribution in [0.15, 0.2) is 41.8 Å². The number of hydrogen-bond acceptors (Lipinski definition) is 3. The van der Waals surface area contributed by atoms with E-state index in [1.807, 2.05) is 41.5 Å². The molecule has 0 unspecified atom stereocenters. The summed E-state index contributed by atoms with van der Waals surface area (Å²) in [6.07, 6.45) is 2.32. The molecular formula is C19H22N2O2S. The monoisotopic (exact) mass is 342 g/mol. The summed E-state index contributed by atoms with van der Waals surface area (Å²) in [4.78, 5) is 27.0. The molecule has 1 saturated heterocycles. The molecule has 2 aromatic rings. The van der Waals surface area contributed by atoms with E-state index in [1.165, 1.54) is 16.9 Å². The second-order valence-electron chi connectivity index (χ2n) is 6.24. The van der Waals surface area contributed by atoms with Gasteiger partial charge in [0.25, 0.3) is 5.91 Å². The van der Waals surface area contributed by atoms with Gasteiger partial charge in [0.05, 0.1) is 10.9 Å². The number of amides is 2. The van der Waals surface area contributed by atoms with Crippen molar-refractivity contribution in [1.82, 2.24) is 10.2 Å². The molecule has 4 nitrogen and oxygen atoms in total. The topological polar surface area (TPSA) is 49.4 Å². The Labute approximate surface area is 146 Å². The van der Waals surface area contributed by atoms with E-state index < -0.39 is 0 Å². The molecule has 5 heteroatoms. The quantitative estimate of drug-likeness (QED) is 0.877. The zero-order chi connectivity index (χ0) is 16.9. The van der Waals surface area contributed by atoms with Crippen LogP contribution in [0.4, 0.5) is 0 Å². The summed E-state index contributed by atoms with van der Waals surface area (Å²) in [5.41, 5.74) is 2.28. The lowest BCUT2D eigenvalue weighted by molar-refractivity contribution is -0.127. The molecule has 0 spiro atoms. The van der Waals surface area contributed by atoms with Crippen molar-refractivity contribution in [3.05, 3.63) is 57.8 Å². The van der Waals surface area contributed by atoms with Gasteiger partial charge in [0.15, 0.2) is 0 Å². The number of nitrogens with zero attached hydrogens (tertiary/aromatic N) is 1. The van der Waals surface area contributed by atoms with E-state index in [2.05, 4.69) is 17.4 Å². The molecule has 0 radical (unpaired) electrons. The van der Waals surface area contributed by atoms with E-state index in [4.69, 9.17) is 0 Å². The van der Waals surface area contributed by atoms with Crippen molar-refractivity contribution < 1.29 is 9.59 Å². The predicted octanol–water partition coefficient (Wildman–Crippen LogP) is 3.02. The molecular weight excluding hydrogens is 320 g/mol. The van der Waals surface area contributed by atoms with Crippen molar-refractivity contribution in [3.8, 4) is 0 Å². The highest BCUT2D eigenvalue weighted by Crippen LogP contribution is 2.18. The second kappa shape index (κ2) is 7.62. The van der Waals surface area contributed by atoms with Crippen LogP contribution in [0.2, 0.25) is 0 Å². The maximum Gasteiger partial charge on any atom is 0.261 e. The predicted molar refractivity (Wildman–Crippen MR) is 96.3 cm³/mol. The number of hydrogen-bond donors (Lipinski definition) is 1. The van der Waals surface area contributed by atoms with Crippen molar-refractivity contribution in [3.63, 3.8) is 0 Å². The molecule has 24 heavy (non-hydrogen) atoms.